The second kappa shape index (κ2) is 6.83. The first kappa shape index (κ1) is 15.7. The second-order valence-electron chi connectivity index (χ2n) is 5.96. The number of carbonyl (C=O) groups is 2. The van der Waals surface area contributed by atoms with Crippen molar-refractivity contribution in [2.75, 3.05) is 38.5 Å². The average Bonchev–Trinajstić information content (AvgIpc) is 2.47. The van der Waals surface area contributed by atoms with Crippen LogP contribution in [0.4, 0.5) is 5.69 Å². The van der Waals surface area contributed by atoms with Crippen LogP contribution in [0.15, 0.2) is 24.3 Å². The Hall–Kier alpha value is -1.72. The molecule has 0 saturated carbocycles. The van der Waals surface area contributed by atoms with Crippen LogP contribution >= 0.6 is 0 Å². The average molecular weight is 291 g/mol. The number of hydrogen-bond acceptors (Lipinski definition) is 2. The molecule has 0 radical (unpaired) electrons. The zero-order valence-corrected chi connectivity index (χ0v) is 13.0. The van der Waals surface area contributed by atoms with Gasteiger partial charge in [-0.2, -0.15) is 0 Å². The van der Waals surface area contributed by atoms with Crippen LogP contribution in [0.2, 0.25) is 0 Å². The second-order valence-corrected chi connectivity index (χ2v) is 5.96. The van der Waals surface area contributed by atoms with E-state index < -0.39 is 0 Å². The highest BCUT2D eigenvalue weighted by molar-refractivity contribution is 5.96. The largest absolute Gasteiger partial charge is 0.328 e. The third kappa shape index (κ3) is 4.12. The van der Waals surface area contributed by atoms with E-state index in [1.807, 2.05) is 6.92 Å². The monoisotopic (exact) mass is 291 g/mol. The Labute approximate surface area is 125 Å². The van der Waals surface area contributed by atoms with E-state index in [9.17, 15) is 9.59 Å². The van der Waals surface area contributed by atoms with Crippen LogP contribution in [-0.2, 0) is 4.79 Å². The van der Waals surface area contributed by atoms with Gasteiger partial charge < -0.3 is 15.1 Å². The van der Waals surface area contributed by atoms with Crippen LogP contribution in [0.3, 0.4) is 0 Å². The van der Waals surface area contributed by atoms with Crippen molar-refractivity contribution in [2.24, 2.45) is 0 Å². The Morgan fingerprint density at radius 1 is 1.10 bits per heavy atom. The molecular weight excluding hydrogens is 266 g/mol. The number of rotatable bonds is 4. The van der Waals surface area contributed by atoms with Gasteiger partial charge in [0.15, 0.2) is 11.8 Å². The Morgan fingerprint density at radius 3 is 2.19 bits per heavy atom. The lowest BCUT2D eigenvalue weighted by molar-refractivity contribution is -1.01. The summed E-state index contributed by atoms with van der Waals surface area (Å²) >= 11 is 0. The topological polar surface area (TPSA) is 55.0 Å². The molecule has 1 aromatic carbocycles. The molecule has 5 heteroatoms. The van der Waals surface area contributed by atoms with Gasteiger partial charge in [0.2, 0.25) is 0 Å². The van der Waals surface area contributed by atoms with E-state index in [2.05, 4.69) is 12.4 Å². The van der Waals surface area contributed by atoms with Gasteiger partial charge in [0.1, 0.15) is 26.2 Å². The van der Waals surface area contributed by atoms with Crippen LogP contribution in [0.5, 0.6) is 0 Å². The molecule has 5 nitrogen and oxygen atoms in total. The molecule has 1 atom stereocenters. The van der Waals surface area contributed by atoms with Gasteiger partial charge in [-0.3, -0.25) is 9.59 Å². The van der Waals surface area contributed by atoms with E-state index in [-0.39, 0.29) is 17.7 Å². The summed E-state index contributed by atoms with van der Waals surface area (Å²) in [4.78, 5) is 26.4. The van der Waals surface area contributed by atoms with Crippen LogP contribution in [0, 0.1) is 0 Å². The molecule has 0 unspecified atom stereocenters. The first-order chi connectivity index (χ1) is 9.97. The lowest BCUT2D eigenvalue weighted by Gasteiger charge is -2.30. The highest BCUT2D eigenvalue weighted by atomic mass is 16.2. The number of quaternary nitrogens is 2. The van der Waals surface area contributed by atoms with Gasteiger partial charge in [-0.15, -0.1) is 0 Å². The molecule has 2 rings (SSSR count). The van der Waals surface area contributed by atoms with Crippen LogP contribution in [0.25, 0.3) is 0 Å². The van der Waals surface area contributed by atoms with Crippen LogP contribution in [-0.4, -0.2) is 51.0 Å². The molecule has 1 heterocycles. The number of ketones is 1. The predicted octanol–water partition coefficient (Wildman–Crippen LogP) is -1.37. The summed E-state index contributed by atoms with van der Waals surface area (Å²) in [6.07, 6.45) is 0. The Bertz CT molecular complexity index is 505. The molecule has 3 N–H and O–H groups in total. The summed E-state index contributed by atoms with van der Waals surface area (Å²) in [6.45, 7) is 7.80. The summed E-state index contributed by atoms with van der Waals surface area (Å²) in [5.41, 5.74) is 1.41. The van der Waals surface area contributed by atoms with Gasteiger partial charge in [0.05, 0.1) is 7.05 Å². The van der Waals surface area contributed by atoms with Gasteiger partial charge in [0, 0.05) is 11.3 Å². The van der Waals surface area contributed by atoms with E-state index in [0.717, 1.165) is 31.9 Å². The molecule has 0 bridgehead atoms. The fraction of sp³-hybridized carbons (Fsp3) is 0.500. The molecule has 1 aliphatic rings. The number of hydrogen-bond donors (Lipinski definition) is 3. The summed E-state index contributed by atoms with van der Waals surface area (Å²) in [5, 5.41) is 2.94. The smallest absolute Gasteiger partial charge is 0.282 e. The highest BCUT2D eigenvalue weighted by Crippen LogP contribution is 2.10. The molecule has 1 aliphatic heterocycles. The number of likely N-dealkylation sites (N-methyl/N-ethyl adjacent to an activating group) is 1. The first-order valence-corrected chi connectivity index (χ1v) is 7.55. The number of Topliss-reactive ketones (excluding diaryl/α,β-unsaturated/α-hetero) is 1. The fourth-order valence-corrected chi connectivity index (χ4v) is 2.66. The van der Waals surface area contributed by atoms with E-state index in [1.54, 1.807) is 24.3 Å². The number of anilines is 1. The SMILES string of the molecule is CC(=O)c1ccc(NC(=O)[C@@H](C)[NH+]2CC[NH+](C)CC2)cc1. The van der Waals surface area contributed by atoms with E-state index >= 15 is 0 Å². The minimum Gasteiger partial charge on any atom is -0.328 e. The van der Waals surface area contributed by atoms with Crippen LogP contribution < -0.4 is 15.1 Å². The standard InChI is InChI=1S/C16H23N3O2/c1-12(19-10-8-18(3)9-11-19)16(21)17-15-6-4-14(5-7-15)13(2)20/h4-7,12H,8-11H2,1-3H3,(H,17,21)/p+2/t12-/m1/s1. The summed E-state index contributed by atoms with van der Waals surface area (Å²) in [5.74, 6) is 0.0748. The first-order valence-electron chi connectivity index (χ1n) is 7.55. The van der Waals surface area contributed by atoms with Gasteiger partial charge >= 0.3 is 0 Å². The van der Waals surface area contributed by atoms with Crippen molar-refractivity contribution in [3.8, 4) is 0 Å². The van der Waals surface area contributed by atoms with Gasteiger partial charge in [-0.25, -0.2) is 0 Å². The van der Waals surface area contributed by atoms with Crippen molar-refractivity contribution in [1.82, 2.24) is 0 Å². The maximum Gasteiger partial charge on any atom is 0.282 e. The molecule has 21 heavy (non-hydrogen) atoms. The zero-order valence-electron chi connectivity index (χ0n) is 13.0. The van der Waals surface area contributed by atoms with Crippen molar-refractivity contribution in [3.05, 3.63) is 29.8 Å². The number of carbonyl (C=O) groups excluding carboxylic acids is 2. The number of piperazine rings is 1. The van der Waals surface area contributed by atoms with Crippen molar-refractivity contribution >= 4 is 17.4 Å². The van der Waals surface area contributed by atoms with Gasteiger partial charge in [0.25, 0.3) is 5.91 Å². The van der Waals surface area contributed by atoms with E-state index in [1.165, 1.54) is 16.7 Å². The molecule has 1 aromatic rings. The fourth-order valence-electron chi connectivity index (χ4n) is 2.66. The molecular formula is C16H25N3O2+2. The maximum atomic E-state index is 12.3. The Morgan fingerprint density at radius 2 is 1.67 bits per heavy atom. The maximum absolute atomic E-state index is 12.3. The van der Waals surface area contributed by atoms with E-state index in [0.29, 0.717) is 5.56 Å². The van der Waals surface area contributed by atoms with Crippen molar-refractivity contribution in [3.63, 3.8) is 0 Å². The molecule has 0 aromatic heterocycles. The van der Waals surface area contributed by atoms with Gasteiger partial charge in [-0.1, -0.05) is 0 Å². The highest BCUT2D eigenvalue weighted by Gasteiger charge is 2.29. The molecule has 0 aliphatic carbocycles. The third-order valence-electron chi connectivity index (χ3n) is 4.31. The van der Waals surface area contributed by atoms with E-state index in [4.69, 9.17) is 0 Å². The molecule has 1 saturated heterocycles. The zero-order chi connectivity index (χ0) is 15.4. The molecule has 0 spiro atoms. The molecule has 1 amide bonds. The van der Waals surface area contributed by atoms with Crippen molar-refractivity contribution < 1.29 is 19.4 Å². The third-order valence-corrected chi connectivity index (χ3v) is 4.31. The Balaban J connectivity index is 1.92. The minimum atomic E-state index is -0.0504. The summed E-state index contributed by atoms with van der Waals surface area (Å²) < 4.78 is 0. The lowest BCUT2D eigenvalue weighted by atomic mass is 10.1. The Kier molecular flexibility index (Phi) is 5.09. The predicted molar refractivity (Wildman–Crippen MR) is 81.9 cm³/mol. The van der Waals surface area contributed by atoms with Crippen LogP contribution in [0.1, 0.15) is 24.2 Å². The quantitative estimate of drug-likeness (QED) is 0.600. The summed E-state index contributed by atoms with van der Waals surface area (Å²) in [7, 11) is 2.19. The van der Waals surface area contributed by atoms with Crippen molar-refractivity contribution in [2.45, 2.75) is 19.9 Å². The summed E-state index contributed by atoms with van der Waals surface area (Å²) in [6, 6.07) is 7.00. The number of benzene rings is 1. The normalized spacial score (nSPS) is 23.4. The molecule has 114 valence electrons. The minimum absolute atomic E-state index is 0.0330. The lowest BCUT2D eigenvalue weighted by Crippen LogP contribution is -3.29. The van der Waals surface area contributed by atoms with Crippen molar-refractivity contribution in [1.29, 1.82) is 0 Å². The van der Waals surface area contributed by atoms with Gasteiger partial charge in [-0.05, 0) is 38.1 Å². The number of nitrogens with one attached hydrogen (secondary N) is 3. The molecule has 1 fully saturated rings. The number of amides is 1.